The monoisotopic (exact) mass is 524 g/mol. The first kappa shape index (κ1) is 24.9. The Bertz CT molecular complexity index is 1480. The second-order valence-electron chi connectivity index (χ2n) is 9.15. The lowest BCUT2D eigenvalue weighted by atomic mass is 10.1. The normalized spacial score (nSPS) is 19.1. The van der Waals surface area contributed by atoms with Crippen molar-refractivity contribution in [3.05, 3.63) is 65.2 Å². The number of anilines is 5. The van der Waals surface area contributed by atoms with Crippen molar-refractivity contribution in [2.24, 2.45) is 0 Å². The molecule has 0 bridgehead atoms. The Labute approximate surface area is 215 Å². The van der Waals surface area contributed by atoms with Crippen molar-refractivity contribution >= 4 is 44.6 Å². The lowest BCUT2D eigenvalue weighted by Crippen LogP contribution is -2.49. The molecule has 12 heteroatoms. The van der Waals surface area contributed by atoms with Crippen molar-refractivity contribution in [3.8, 4) is 0 Å². The van der Waals surface area contributed by atoms with E-state index in [-0.39, 0.29) is 10.8 Å². The maximum atomic E-state index is 13.0. The van der Waals surface area contributed by atoms with Crippen LogP contribution in [0.2, 0.25) is 0 Å². The van der Waals surface area contributed by atoms with Gasteiger partial charge in [-0.15, -0.1) is 0 Å². The average molecular weight is 525 g/mol. The summed E-state index contributed by atoms with van der Waals surface area (Å²) >= 11 is 0. The fraction of sp³-hybridized carbons (Fsp3) is 0.320. The van der Waals surface area contributed by atoms with Crippen LogP contribution in [0, 0.1) is 0 Å². The number of benzene rings is 1. The highest BCUT2D eigenvalue weighted by Crippen LogP contribution is 2.39. The molecule has 0 aliphatic carbocycles. The number of amides is 1. The zero-order valence-electron chi connectivity index (χ0n) is 20.8. The molecule has 1 aromatic carbocycles. The summed E-state index contributed by atoms with van der Waals surface area (Å²) in [5.74, 6) is 0.858. The van der Waals surface area contributed by atoms with Gasteiger partial charge in [0.25, 0.3) is 0 Å². The molecule has 194 valence electrons. The standard InChI is InChI=1S/C25H28N6O5S/c1-17-25(33)29(3)21-8-9-22(27-24(21)31(17)19-10-15-36-23(32)16-19)26-18-4-6-20(7-5-18)37(34,35)30-13-11-28(2)12-14-30/h4-10,15-17H,11-14H2,1-3H3,(H,26,27)/t17-/m1/s1. The molecule has 1 saturated heterocycles. The minimum atomic E-state index is -3.56. The molecule has 2 aromatic heterocycles. The summed E-state index contributed by atoms with van der Waals surface area (Å²) in [6.45, 7) is 4.08. The second-order valence-corrected chi connectivity index (χ2v) is 11.1. The first-order chi connectivity index (χ1) is 17.6. The molecule has 0 spiro atoms. The van der Waals surface area contributed by atoms with Gasteiger partial charge in [-0.2, -0.15) is 4.31 Å². The summed E-state index contributed by atoms with van der Waals surface area (Å²) in [5.41, 5.74) is 1.22. The Balaban J connectivity index is 1.42. The number of nitrogens with zero attached hydrogens (tertiary/aromatic N) is 5. The molecule has 4 heterocycles. The van der Waals surface area contributed by atoms with E-state index in [0.717, 1.165) is 0 Å². The van der Waals surface area contributed by atoms with E-state index in [9.17, 15) is 18.0 Å². The van der Waals surface area contributed by atoms with E-state index in [1.165, 1.54) is 21.5 Å². The number of nitrogens with one attached hydrogen (secondary N) is 1. The van der Waals surface area contributed by atoms with Crippen LogP contribution in [0.5, 0.6) is 0 Å². The lowest BCUT2D eigenvalue weighted by Gasteiger charge is -2.39. The molecule has 11 nitrogen and oxygen atoms in total. The number of fused-ring (bicyclic) bond motifs is 1. The molecule has 0 radical (unpaired) electrons. The third-order valence-corrected chi connectivity index (χ3v) is 8.63. The smallest absolute Gasteiger partial charge is 0.337 e. The van der Waals surface area contributed by atoms with Crippen molar-refractivity contribution in [3.63, 3.8) is 0 Å². The molecule has 1 fully saturated rings. The van der Waals surface area contributed by atoms with E-state index in [4.69, 9.17) is 9.40 Å². The van der Waals surface area contributed by atoms with Crippen LogP contribution in [0.25, 0.3) is 0 Å². The van der Waals surface area contributed by atoms with Crippen LogP contribution in [0.1, 0.15) is 6.92 Å². The van der Waals surface area contributed by atoms with Crippen LogP contribution in [0.3, 0.4) is 0 Å². The van der Waals surface area contributed by atoms with Gasteiger partial charge >= 0.3 is 5.63 Å². The van der Waals surface area contributed by atoms with Gasteiger partial charge < -0.3 is 24.4 Å². The number of piperazine rings is 1. The molecular weight excluding hydrogens is 496 g/mol. The van der Waals surface area contributed by atoms with Crippen LogP contribution in [0.15, 0.2) is 68.9 Å². The van der Waals surface area contributed by atoms with Gasteiger partial charge in [-0.25, -0.2) is 18.2 Å². The Morgan fingerprint density at radius 1 is 0.973 bits per heavy atom. The summed E-state index contributed by atoms with van der Waals surface area (Å²) in [4.78, 5) is 35.0. The van der Waals surface area contributed by atoms with Crippen LogP contribution >= 0.6 is 0 Å². The molecule has 0 saturated carbocycles. The van der Waals surface area contributed by atoms with E-state index in [0.29, 0.717) is 54.9 Å². The zero-order chi connectivity index (χ0) is 26.3. The van der Waals surface area contributed by atoms with E-state index < -0.39 is 21.7 Å². The Morgan fingerprint density at radius 2 is 1.68 bits per heavy atom. The number of pyridine rings is 1. The fourth-order valence-electron chi connectivity index (χ4n) is 4.55. The molecule has 1 atom stereocenters. The number of aromatic nitrogens is 1. The number of rotatable bonds is 5. The average Bonchev–Trinajstić information content (AvgIpc) is 2.88. The summed E-state index contributed by atoms with van der Waals surface area (Å²) in [5, 5.41) is 3.21. The topological polar surface area (TPSA) is 119 Å². The minimum Gasteiger partial charge on any atom is -0.431 e. The van der Waals surface area contributed by atoms with Crippen LogP contribution in [0.4, 0.5) is 28.7 Å². The molecule has 3 aromatic rings. The Kier molecular flexibility index (Phi) is 6.48. The number of sulfonamides is 1. The van der Waals surface area contributed by atoms with Crippen LogP contribution in [-0.2, 0) is 14.8 Å². The van der Waals surface area contributed by atoms with Gasteiger partial charge in [0.1, 0.15) is 11.9 Å². The first-order valence-electron chi connectivity index (χ1n) is 11.9. The maximum Gasteiger partial charge on any atom is 0.337 e. The van der Waals surface area contributed by atoms with Crippen molar-refractivity contribution in [1.82, 2.24) is 14.2 Å². The fourth-order valence-corrected chi connectivity index (χ4v) is 5.97. The highest BCUT2D eigenvalue weighted by Gasteiger charge is 2.36. The lowest BCUT2D eigenvalue weighted by molar-refractivity contribution is -0.119. The van der Waals surface area contributed by atoms with E-state index in [2.05, 4.69) is 10.2 Å². The highest BCUT2D eigenvalue weighted by atomic mass is 32.2. The number of likely N-dealkylation sites (N-methyl/N-ethyl adjacent to an activating group) is 2. The Hall–Kier alpha value is -3.74. The van der Waals surface area contributed by atoms with Crippen molar-refractivity contribution in [2.45, 2.75) is 17.9 Å². The van der Waals surface area contributed by atoms with E-state index in [1.807, 2.05) is 7.05 Å². The summed E-state index contributed by atoms with van der Waals surface area (Å²) in [6, 6.07) is 12.4. The molecular formula is C25H28N6O5S. The predicted octanol–water partition coefficient (Wildman–Crippen LogP) is 2.22. The van der Waals surface area contributed by atoms with Gasteiger partial charge in [-0.05, 0) is 56.4 Å². The number of carbonyl (C=O) groups excluding carboxylic acids is 1. The molecule has 0 unspecified atom stereocenters. The quantitative estimate of drug-likeness (QED) is 0.536. The number of hydrogen-bond donors (Lipinski definition) is 1. The van der Waals surface area contributed by atoms with Crippen LogP contribution < -0.4 is 20.7 Å². The minimum absolute atomic E-state index is 0.139. The SMILES string of the molecule is C[C@@H]1C(=O)N(C)c2ccc(Nc3ccc(S(=O)(=O)N4CCN(C)CC4)cc3)nc2N1c1ccoc(=O)c1. The van der Waals surface area contributed by atoms with Crippen molar-refractivity contribution in [1.29, 1.82) is 0 Å². The van der Waals surface area contributed by atoms with Gasteiger partial charge in [0.15, 0.2) is 5.82 Å². The maximum absolute atomic E-state index is 13.0. The first-order valence-corrected chi connectivity index (χ1v) is 13.3. The predicted molar refractivity (Wildman–Crippen MR) is 140 cm³/mol. The zero-order valence-corrected chi connectivity index (χ0v) is 21.6. The van der Waals surface area contributed by atoms with Crippen molar-refractivity contribution < 1.29 is 17.6 Å². The largest absolute Gasteiger partial charge is 0.431 e. The highest BCUT2D eigenvalue weighted by molar-refractivity contribution is 7.89. The van der Waals surface area contributed by atoms with Gasteiger partial charge in [0, 0.05) is 45.0 Å². The second kappa shape index (κ2) is 9.61. The molecule has 1 amide bonds. The van der Waals surface area contributed by atoms with Crippen LogP contribution in [-0.4, -0.2) is 74.8 Å². The van der Waals surface area contributed by atoms with Gasteiger partial charge in [-0.1, -0.05) is 0 Å². The van der Waals surface area contributed by atoms with E-state index in [1.54, 1.807) is 61.3 Å². The summed E-state index contributed by atoms with van der Waals surface area (Å²) < 4.78 is 32.4. The summed E-state index contributed by atoms with van der Waals surface area (Å²) in [7, 11) is 0.101. The number of hydrogen-bond acceptors (Lipinski definition) is 9. The molecule has 2 aliphatic heterocycles. The van der Waals surface area contributed by atoms with E-state index >= 15 is 0 Å². The van der Waals surface area contributed by atoms with Gasteiger partial charge in [0.05, 0.1) is 22.5 Å². The van der Waals surface area contributed by atoms with Crippen molar-refractivity contribution in [2.75, 3.05) is 55.4 Å². The summed E-state index contributed by atoms with van der Waals surface area (Å²) in [6.07, 6.45) is 1.28. The molecule has 37 heavy (non-hydrogen) atoms. The number of carbonyl (C=O) groups is 1. The third-order valence-electron chi connectivity index (χ3n) is 6.71. The van der Waals surface area contributed by atoms with Gasteiger partial charge in [-0.3, -0.25) is 4.79 Å². The van der Waals surface area contributed by atoms with Gasteiger partial charge in [0.2, 0.25) is 15.9 Å². The molecule has 5 rings (SSSR count). The third kappa shape index (κ3) is 4.70. The molecule has 2 aliphatic rings. The Morgan fingerprint density at radius 3 is 2.35 bits per heavy atom. The molecule has 1 N–H and O–H groups in total.